The molecule has 3 N–H and O–H groups in total. The average molecular weight is 293 g/mol. The second kappa shape index (κ2) is 6.53. The summed E-state index contributed by atoms with van der Waals surface area (Å²) >= 11 is 11.3. The maximum Gasteiger partial charge on any atom is 0.332 e. The van der Waals surface area contributed by atoms with E-state index < -0.39 is 18.0 Å². The predicted octanol–water partition coefficient (Wildman–Crippen LogP) is 0.954. The number of rotatable bonds is 5. The minimum atomic E-state index is -1.50. The van der Waals surface area contributed by atoms with Gasteiger partial charge in [0.2, 0.25) is 0 Å². The van der Waals surface area contributed by atoms with Crippen molar-refractivity contribution in [2.24, 2.45) is 0 Å². The summed E-state index contributed by atoms with van der Waals surface area (Å²) in [5, 5.41) is 20.1. The molecule has 1 rings (SSSR count). The maximum atomic E-state index is 11.6. The van der Waals surface area contributed by atoms with Crippen molar-refractivity contribution >= 4 is 35.1 Å². The highest BCUT2D eigenvalue weighted by atomic mass is 35.5. The Kier molecular flexibility index (Phi) is 5.33. The van der Waals surface area contributed by atoms with E-state index >= 15 is 0 Å². The molecule has 1 atom stereocenters. The normalized spacial score (nSPS) is 11.9. The fourth-order valence-corrected chi connectivity index (χ4v) is 1.36. The third-order valence-corrected chi connectivity index (χ3v) is 2.73. The Morgan fingerprint density at radius 2 is 2.11 bits per heavy atom. The molecule has 0 bridgehead atoms. The third kappa shape index (κ3) is 4.14. The van der Waals surface area contributed by atoms with Crippen molar-refractivity contribution in [2.75, 3.05) is 6.54 Å². The van der Waals surface area contributed by atoms with Gasteiger partial charge in [0.15, 0.2) is 6.10 Å². The smallest absolute Gasteiger partial charge is 0.332 e. The Morgan fingerprint density at radius 3 is 2.67 bits per heavy atom. The van der Waals surface area contributed by atoms with Crippen LogP contribution in [0, 0.1) is 0 Å². The van der Waals surface area contributed by atoms with Crippen molar-refractivity contribution < 1.29 is 19.8 Å². The van der Waals surface area contributed by atoms with Gasteiger partial charge in [-0.15, -0.1) is 0 Å². The highest BCUT2D eigenvalue weighted by Crippen LogP contribution is 2.19. The summed E-state index contributed by atoms with van der Waals surface area (Å²) in [5.74, 6) is -1.81. The minimum absolute atomic E-state index is 0.0204. The van der Waals surface area contributed by atoms with E-state index in [9.17, 15) is 9.59 Å². The molecule has 0 saturated carbocycles. The monoisotopic (exact) mass is 292 g/mol. The van der Waals surface area contributed by atoms with E-state index in [4.69, 9.17) is 33.4 Å². The molecule has 0 fully saturated rings. The number of aliphatic carboxylic acids is 1. The quantitative estimate of drug-likeness (QED) is 0.702. The van der Waals surface area contributed by atoms with Crippen LogP contribution in [-0.2, 0) is 4.79 Å². The Balaban J connectivity index is 2.50. The second-order valence-corrected chi connectivity index (χ2v) is 4.16. The molecule has 0 radical (unpaired) electrons. The number of aliphatic hydroxyl groups excluding tert-OH is 1. The number of aromatic nitrogens is 1. The molecule has 6 nitrogen and oxygen atoms in total. The van der Waals surface area contributed by atoms with E-state index in [-0.39, 0.29) is 28.7 Å². The number of carbonyl (C=O) groups excluding carboxylic acids is 1. The number of pyridine rings is 1. The lowest BCUT2D eigenvalue weighted by atomic mass is 10.2. The number of hydrogen-bond acceptors (Lipinski definition) is 4. The van der Waals surface area contributed by atoms with Crippen molar-refractivity contribution in [1.82, 2.24) is 10.3 Å². The first-order chi connectivity index (χ1) is 8.41. The van der Waals surface area contributed by atoms with E-state index in [1.807, 2.05) is 0 Å². The number of hydrogen-bond donors (Lipinski definition) is 3. The standard InChI is InChI=1S/C10H10Cl2N2O4/c11-6-3-5(4-14-8(6)12)9(16)13-2-1-7(15)10(17)18/h3-4,7,15H,1-2H2,(H,13,16)(H,17,18). The molecule has 0 aromatic carbocycles. The highest BCUT2D eigenvalue weighted by Gasteiger charge is 2.14. The minimum Gasteiger partial charge on any atom is -0.479 e. The number of aliphatic hydroxyl groups is 1. The van der Waals surface area contributed by atoms with Gasteiger partial charge in [-0.05, 0) is 6.07 Å². The van der Waals surface area contributed by atoms with E-state index in [0.29, 0.717) is 0 Å². The summed E-state index contributed by atoms with van der Waals surface area (Å²) in [5.41, 5.74) is 0.203. The average Bonchev–Trinajstić information content (AvgIpc) is 2.32. The zero-order valence-corrected chi connectivity index (χ0v) is 10.6. The molecule has 0 aliphatic heterocycles. The van der Waals surface area contributed by atoms with Gasteiger partial charge in [0.25, 0.3) is 5.91 Å². The largest absolute Gasteiger partial charge is 0.479 e. The number of amides is 1. The van der Waals surface area contributed by atoms with E-state index in [0.717, 1.165) is 0 Å². The van der Waals surface area contributed by atoms with Gasteiger partial charge in [-0.1, -0.05) is 23.2 Å². The Labute approximate surface area is 113 Å². The van der Waals surface area contributed by atoms with Crippen LogP contribution in [0.4, 0.5) is 0 Å². The van der Waals surface area contributed by atoms with Crippen LogP contribution in [0.2, 0.25) is 10.2 Å². The predicted molar refractivity (Wildman–Crippen MR) is 64.8 cm³/mol. The number of carboxylic acid groups (broad SMARTS) is 1. The molecule has 1 aromatic heterocycles. The number of nitrogens with zero attached hydrogens (tertiary/aromatic N) is 1. The maximum absolute atomic E-state index is 11.6. The molecule has 8 heteroatoms. The zero-order valence-electron chi connectivity index (χ0n) is 9.06. The number of halogens is 2. The fraction of sp³-hybridized carbons (Fsp3) is 0.300. The van der Waals surface area contributed by atoms with Crippen molar-refractivity contribution in [2.45, 2.75) is 12.5 Å². The van der Waals surface area contributed by atoms with Gasteiger partial charge < -0.3 is 15.5 Å². The SMILES string of the molecule is O=C(NCCC(O)C(=O)O)c1cnc(Cl)c(Cl)c1. The number of carbonyl (C=O) groups is 2. The van der Waals surface area contributed by atoms with Crippen LogP contribution in [-0.4, -0.2) is 39.7 Å². The van der Waals surface area contributed by atoms with Gasteiger partial charge in [0.05, 0.1) is 10.6 Å². The zero-order chi connectivity index (χ0) is 13.7. The summed E-state index contributed by atoms with van der Waals surface area (Å²) in [4.78, 5) is 25.6. The first-order valence-electron chi connectivity index (χ1n) is 4.92. The summed E-state index contributed by atoms with van der Waals surface area (Å²) in [6.45, 7) is 0.0204. The number of nitrogens with one attached hydrogen (secondary N) is 1. The molecule has 1 unspecified atom stereocenters. The first kappa shape index (κ1) is 14.7. The van der Waals surface area contributed by atoms with Crippen LogP contribution in [0.1, 0.15) is 16.8 Å². The van der Waals surface area contributed by atoms with Gasteiger partial charge in [0.1, 0.15) is 5.15 Å². The van der Waals surface area contributed by atoms with E-state index in [1.165, 1.54) is 12.3 Å². The molecule has 0 aliphatic rings. The molecule has 0 spiro atoms. The Bertz CT molecular complexity index is 467. The van der Waals surface area contributed by atoms with E-state index in [1.54, 1.807) is 0 Å². The third-order valence-electron chi connectivity index (χ3n) is 2.05. The molecule has 1 amide bonds. The molecule has 0 aliphatic carbocycles. The van der Waals surface area contributed by atoms with Crippen LogP contribution in [0.15, 0.2) is 12.3 Å². The van der Waals surface area contributed by atoms with Gasteiger partial charge in [-0.2, -0.15) is 0 Å². The highest BCUT2D eigenvalue weighted by molar-refractivity contribution is 6.41. The van der Waals surface area contributed by atoms with Gasteiger partial charge >= 0.3 is 5.97 Å². The second-order valence-electron chi connectivity index (χ2n) is 3.40. The fourth-order valence-electron chi connectivity index (χ4n) is 1.09. The molecular formula is C10H10Cl2N2O4. The lowest BCUT2D eigenvalue weighted by molar-refractivity contribution is -0.146. The Morgan fingerprint density at radius 1 is 1.44 bits per heavy atom. The topological polar surface area (TPSA) is 99.5 Å². The number of carboxylic acids is 1. The van der Waals surface area contributed by atoms with Crippen LogP contribution in [0.3, 0.4) is 0 Å². The molecular weight excluding hydrogens is 283 g/mol. The van der Waals surface area contributed by atoms with Gasteiger partial charge in [-0.3, -0.25) is 4.79 Å². The lowest BCUT2D eigenvalue weighted by Gasteiger charge is -2.07. The van der Waals surface area contributed by atoms with Crippen molar-refractivity contribution in [3.05, 3.63) is 28.0 Å². The van der Waals surface area contributed by atoms with Crippen molar-refractivity contribution in [3.8, 4) is 0 Å². The molecule has 1 aromatic rings. The van der Waals surface area contributed by atoms with Crippen molar-refractivity contribution in [3.63, 3.8) is 0 Å². The van der Waals surface area contributed by atoms with Crippen molar-refractivity contribution in [1.29, 1.82) is 0 Å². The molecule has 1 heterocycles. The first-order valence-corrected chi connectivity index (χ1v) is 5.67. The van der Waals surface area contributed by atoms with Crippen LogP contribution in [0.5, 0.6) is 0 Å². The van der Waals surface area contributed by atoms with E-state index in [2.05, 4.69) is 10.3 Å². The molecule has 98 valence electrons. The summed E-state index contributed by atoms with van der Waals surface area (Å²) in [6.07, 6.45) is -0.343. The molecule has 18 heavy (non-hydrogen) atoms. The van der Waals surface area contributed by atoms with Gasteiger partial charge in [-0.25, -0.2) is 9.78 Å². The summed E-state index contributed by atoms with van der Waals surface area (Å²) in [6, 6.07) is 1.35. The lowest BCUT2D eigenvalue weighted by Crippen LogP contribution is -2.30. The van der Waals surface area contributed by atoms with Crippen LogP contribution in [0.25, 0.3) is 0 Å². The van der Waals surface area contributed by atoms with Gasteiger partial charge in [0, 0.05) is 19.2 Å². The molecule has 0 saturated heterocycles. The van der Waals surface area contributed by atoms with Crippen LogP contribution >= 0.6 is 23.2 Å². The van der Waals surface area contributed by atoms with Crippen LogP contribution < -0.4 is 5.32 Å². The summed E-state index contributed by atoms with van der Waals surface area (Å²) < 4.78 is 0. The summed E-state index contributed by atoms with van der Waals surface area (Å²) in [7, 11) is 0. The Hall–Kier alpha value is -1.37.